The summed E-state index contributed by atoms with van der Waals surface area (Å²) in [6.07, 6.45) is 0. The maximum Gasteiger partial charge on any atom is 0.256 e. The second-order valence-corrected chi connectivity index (χ2v) is 8.87. The Morgan fingerprint density at radius 2 is 1.83 bits per heavy atom. The fourth-order valence-corrected chi connectivity index (χ4v) is 4.91. The molecule has 0 saturated heterocycles. The zero-order chi connectivity index (χ0) is 20.1. The minimum absolute atomic E-state index is 0.186. The van der Waals surface area contributed by atoms with Crippen molar-refractivity contribution in [1.29, 1.82) is 0 Å². The van der Waals surface area contributed by atoms with Gasteiger partial charge in [0.15, 0.2) is 0 Å². The summed E-state index contributed by atoms with van der Waals surface area (Å²) in [7, 11) is 0. The van der Waals surface area contributed by atoms with Gasteiger partial charge in [-0.2, -0.15) is 9.78 Å². The third-order valence-corrected chi connectivity index (χ3v) is 6.63. The molecule has 3 aromatic heterocycles. The highest BCUT2D eigenvalue weighted by atomic mass is 32.1. The maximum absolute atomic E-state index is 12.8. The first-order valence-electron chi connectivity index (χ1n) is 9.07. The first kappa shape index (κ1) is 18.0. The van der Waals surface area contributed by atoms with E-state index >= 15 is 0 Å². The van der Waals surface area contributed by atoms with Crippen LogP contribution in [0.15, 0.2) is 41.9 Å². The normalized spacial score (nSPS) is 11.4. The standard InChI is InChI=1S/C21H17N5OS2/c1-11-6-16-18(7-12(11)2)29-21(23-16)26-19(8-13(3)25-26)24-20(27)14-4-5-15-17(9-14)28-10-22-15/h4-10H,1-3H3,(H,24,27). The summed E-state index contributed by atoms with van der Waals surface area (Å²) >= 11 is 3.08. The predicted molar refractivity (Wildman–Crippen MR) is 119 cm³/mol. The van der Waals surface area contributed by atoms with Gasteiger partial charge >= 0.3 is 0 Å². The van der Waals surface area contributed by atoms with Crippen molar-refractivity contribution in [3.63, 3.8) is 0 Å². The molecule has 8 heteroatoms. The summed E-state index contributed by atoms with van der Waals surface area (Å²) in [5.41, 5.74) is 7.45. The number of carbonyl (C=O) groups excluding carboxylic acids is 1. The second kappa shape index (κ2) is 6.75. The number of thiazole rings is 2. The van der Waals surface area contributed by atoms with Gasteiger partial charge in [0.1, 0.15) is 5.82 Å². The van der Waals surface area contributed by atoms with Crippen LogP contribution in [-0.4, -0.2) is 25.7 Å². The monoisotopic (exact) mass is 419 g/mol. The number of aromatic nitrogens is 4. The Labute approximate surface area is 174 Å². The molecule has 0 radical (unpaired) electrons. The Morgan fingerprint density at radius 1 is 1.00 bits per heavy atom. The second-order valence-electron chi connectivity index (χ2n) is 6.97. The molecule has 5 aromatic rings. The number of hydrogen-bond donors (Lipinski definition) is 1. The molecule has 0 fully saturated rings. The third-order valence-electron chi connectivity index (χ3n) is 4.84. The van der Waals surface area contributed by atoms with Gasteiger partial charge in [-0.25, -0.2) is 9.97 Å². The summed E-state index contributed by atoms with van der Waals surface area (Å²) in [6, 6.07) is 11.6. The third kappa shape index (κ3) is 3.20. The molecule has 0 aliphatic carbocycles. The van der Waals surface area contributed by atoms with Gasteiger partial charge in [0.2, 0.25) is 5.13 Å². The zero-order valence-electron chi connectivity index (χ0n) is 16.1. The first-order chi connectivity index (χ1) is 14.0. The Balaban J connectivity index is 1.51. The molecule has 6 nitrogen and oxygen atoms in total. The van der Waals surface area contributed by atoms with E-state index in [1.807, 2.05) is 25.1 Å². The summed E-state index contributed by atoms with van der Waals surface area (Å²) in [6.45, 7) is 6.08. The summed E-state index contributed by atoms with van der Waals surface area (Å²) in [4.78, 5) is 21.8. The van der Waals surface area contributed by atoms with Crippen molar-refractivity contribution in [1.82, 2.24) is 19.7 Å². The van der Waals surface area contributed by atoms with Crippen molar-refractivity contribution in [2.24, 2.45) is 0 Å². The topological polar surface area (TPSA) is 72.7 Å². The van der Waals surface area contributed by atoms with Crippen LogP contribution in [0.4, 0.5) is 5.82 Å². The molecule has 0 unspecified atom stereocenters. The van der Waals surface area contributed by atoms with Gasteiger partial charge in [0, 0.05) is 11.6 Å². The van der Waals surface area contributed by atoms with Crippen LogP contribution in [0.3, 0.4) is 0 Å². The molecule has 0 bridgehead atoms. The van der Waals surface area contributed by atoms with Crippen molar-refractivity contribution in [3.05, 3.63) is 64.3 Å². The molecule has 3 heterocycles. The molecule has 0 atom stereocenters. The molecule has 1 N–H and O–H groups in total. The molecule has 0 saturated carbocycles. The lowest BCUT2D eigenvalue weighted by atomic mass is 10.1. The lowest BCUT2D eigenvalue weighted by molar-refractivity contribution is 0.102. The highest BCUT2D eigenvalue weighted by Gasteiger charge is 2.16. The fraction of sp³-hybridized carbons (Fsp3) is 0.143. The van der Waals surface area contributed by atoms with Crippen LogP contribution in [0, 0.1) is 20.8 Å². The highest BCUT2D eigenvalue weighted by Crippen LogP contribution is 2.29. The van der Waals surface area contributed by atoms with Crippen LogP contribution >= 0.6 is 22.7 Å². The number of nitrogens with one attached hydrogen (secondary N) is 1. The van der Waals surface area contributed by atoms with Crippen molar-refractivity contribution in [3.8, 4) is 5.13 Å². The van der Waals surface area contributed by atoms with Crippen molar-refractivity contribution in [2.75, 3.05) is 5.32 Å². The smallest absolute Gasteiger partial charge is 0.256 e. The van der Waals surface area contributed by atoms with Crippen LogP contribution in [0.2, 0.25) is 0 Å². The van der Waals surface area contributed by atoms with Gasteiger partial charge in [0.25, 0.3) is 5.91 Å². The average Bonchev–Trinajstić information content (AvgIpc) is 3.39. The Kier molecular flexibility index (Phi) is 4.18. The highest BCUT2D eigenvalue weighted by molar-refractivity contribution is 7.20. The quantitative estimate of drug-likeness (QED) is 0.432. The van der Waals surface area contributed by atoms with Gasteiger partial charge in [-0.1, -0.05) is 11.3 Å². The number of hydrogen-bond acceptors (Lipinski definition) is 6. The predicted octanol–water partition coefficient (Wildman–Crippen LogP) is 5.27. The van der Waals surface area contributed by atoms with Crippen LogP contribution in [0.5, 0.6) is 0 Å². The zero-order valence-corrected chi connectivity index (χ0v) is 17.7. The number of nitrogens with zero attached hydrogens (tertiary/aromatic N) is 4. The molecule has 29 heavy (non-hydrogen) atoms. The minimum atomic E-state index is -0.186. The molecule has 5 rings (SSSR count). The van der Waals surface area contributed by atoms with Gasteiger partial charge in [-0.05, 0) is 62.2 Å². The number of aryl methyl sites for hydroxylation is 3. The van der Waals surface area contributed by atoms with Crippen molar-refractivity contribution >= 4 is 54.8 Å². The van der Waals surface area contributed by atoms with E-state index in [1.54, 1.807) is 27.6 Å². The van der Waals surface area contributed by atoms with Crippen molar-refractivity contribution < 1.29 is 4.79 Å². The number of carbonyl (C=O) groups is 1. The average molecular weight is 420 g/mol. The number of amides is 1. The summed E-state index contributed by atoms with van der Waals surface area (Å²) in [5, 5.41) is 8.26. The van der Waals surface area contributed by atoms with E-state index in [0.717, 1.165) is 31.3 Å². The minimum Gasteiger partial charge on any atom is -0.306 e. The van der Waals surface area contributed by atoms with E-state index in [4.69, 9.17) is 4.98 Å². The largest absolute Gasteiger partial charge is 0.306 e. The molecule has 0 spiro atoms. The SMILES string of the molecule is Cc1cc(NC(=O)c2ccc3ncsc3c2)n(-c2nc3cc(C)c(C)cc3s2)n1. The Hall–Kier alpha value is -3.10. The number of rotatable bonds is 3. The van der Waals surface area contributed by atoms with Crippen LogP contribution in [0.1, 0.15) is 27.2 Å². The molecule has 2 aromatic carbocycles. The number of fused-ring (bicyclic) bond motifs is 2. The van der Waals surface area contributed by atoms with Gasteiger partial charge in [-0.15, -0.1) is 11.3 Å². The maximum atomic E-state index is 12.8. The fourth-order valence-electron chi connectivity index (χ4n) is 3.18. The summed E-state index contributed by atoms with van der Waals surface area (Å²) in [5.74, 6) is 0.415. The van der Waals surface area contributed by atoms with E-state index in [-0.39, 0.29) is 5.91 Å². The van der Waals surface area contributed by atoms with Crippen LogP contribution in [-0.2, 0) is 0 Å². The molecular weight excluding hydrogens is 402 g/mol. The van der Waals surface area contributed by atoms with E-state index in [2.05, 4.69) is 41.4 Å². The Bertz CT molecular complexity index is 1360. The molecule has 1 amide bonds. The number of benzene rings is 2. The van der Waals surface area contributed by atoms with E-state index in [0.29, 0.717) is 11.4 Å². The first-order valence-corrected chi connectivity index (χ1v) is 10.8. The van der Waals surface area contributed by atoms with E-state index in [9.17, 15) is 4.79 Å². The van der Waals surface area contributed by atoms with Gasteiger partial charge in [0.05, 0.1) is 31.6 Å². The lowest BCUT2D eigenvalue weighted by Crippen LogP contribution is -2.15. The van der Waals surface area contributed by atoms with E-state index < -0.39 is 0 Å². The van der Waals surface area contributed by atoms with E-state index in [1.165, 1.54) is 22.5 Å². The molecule has 0 aliphatic heterocycles. The lowest BCUT2D eigenvalue weighted by Gasteiger charge is -2.06. The molecular formula is C21H17N5OS2. The molecule has 144 valence electrons. The van der Waals surface area contributed by atoms with Crippen molar-refractivity contribution in [2.45, 2.75) is 20.8 Å². The summed E-state index contributed by atoms with van der Waals surface area (Å²) < 4.78 is 3.79. The van der Waals surface area contributed by atoms with Gasteiger partial charge in [-0.3, -0.25) is 4.79 Å². The molecule has 0 aliphatic rings. The van der Waals surface area contributed by atoms with Crippen LogP contribution in [0.25, 0.3) is 25.6 Å². The van der Waals surface area contributed by atoms with Gasteiger partial charge < -0.3 is 5.32 Å². The van der Waals surface area contributed by atoms with Crippen LogP contribution < -0.4 is 5.32 Å². The number of anilines is 1. The Morgan fingerprint density at radius 3 is 2.69 bits per heavy atom.